The number of carbonyl (C=O) groups excluding carboxylic acids is 2. The highest BCUT2D eigenvalue weighted by atomic mass is 16.2. The third-order valence-corrected chi connectivity index (χ3v) is 4.67. The largest absolute Gasteiger partial charge is 0.348 e. The summed E-state index contributed by atoms with van der Waals surface area (Å²) in [7, 11) is 3.54. The predicted molar refractivity (Wildman–Crippen MR) is 77.1 cm³/mol. The second-order valence-electron chi connectivity index (χ2n) is 6.19. The van der Waals surface area contributed by atoms with Crippen molar-refractivity contribution in [3.8, 4) is 0 Å². The quantitative estimate of drug-likeness (QED) is 0.744. The number of nitrogens with zero attached hydrogens (tertiary/aromatic N) is 3. The van der Waals surface area contributed by atoms with Crippen molar-refractivity contribution in [2.24, 2.45) is 11.1 Å². The molecule has 0 aromatic heterocycles. The molecule has 2 fully saturated rings. The highest BCUT2D eigenvalue weighted by Crippen LogP contribution is 2.41. The highest BCUT2D eigenvalue weighted by Gasteiger charge is 2.45. The number of amides is 2. The van der Waals surface area contributed by atoms with E-state index in [9.17, 15) is 9.59 Å². The Morgan fingerprint density at radius 1 is 1.15 bits per heavy atom. The lowest BCUT2D eigenvalue weighted by atomic mass is 9.67. The molecule has 6 heteroatoms. The molecule has 0 radical (unpaired) electrons. The lowest BCUT2D eigenvalue weighted by Gasteiger charge is -2.45. The average molecular weight is 282 g/mol. The zero-order chi connectivity index (χ0) is 14.8. The third-order valence-electron chi connectivity index (χ3n) is 4.67. The molecule has 1 aliphatic heterocycles. The molecule has 0 aromatic rings. The van der Waals surface area contributed by atoms with E-state index in [2.05, 4.69) is 4.90 Å². The van der Waals surface area contributed by atoms with Gasteiger partial charge in [-0.3, -0.25) is 14.5 Å². The molecule has 2 rings (SSSR count). The summed E-state index contributed by atoms with van der Waals surface area (Å²) in [5.74, 6) is 0.340. The van der Waals surface area contributed by atoms with E-state index in [1.54, 1.807) is 19.0 Å². The number of rotatable bonds is 4. The lowest BCUT2D eigenvalue weighted by molar-refractivity contribution is -0.148. The van der Waals surface area contributed by atoms with Crippen LogP contribution >= 0.6 is 0 Å². The second kappa shape index (κ2) is 6.10. The summed E-state index contributed by atoms with van der Waals surface area (Å²) in [6.07, 6.45) is 2.98. The number of nitrogens with two attached hydrogens (primary N) is 1. The molecule has 20 heavy (non-hydrogen) atoms. The van der Waals surface area contributed by atoms with Gasteiger partial charge >= 0.3 is 0 Å². The summed E-state index contributed by atoms with van der Waals surface area (Å²) in [6, 6.07) is 0. The van der Waals surface area contributed by atoms with Crippen LogP contribution in [-0.2, 0) is 9.59 Å². The minimum Gasteiger partial charge on any atom is -0.348 e. The van der Waals surface area contributed by atoms with E-state index in [-0.39, 0.29) is 17.2 Å². The van der Waals surface area contributed by atoms with E-state index in [0.717, 1.165) is 32.4 Å². The number of piperazine rings is 1. The summed E-state index contributed by atoms with van der Waals surface area (Å²) in [4.78, 5) is 29.9. The molecule has 0 unspecified atom stereocenters. The minimum absolute atomic E-state index is 0.113. The normalized spacial score (nSPS) is 22.2. The second-order valence-corrected chi connectivity index (χ2v) is 6.19. The smallest absolute Gasteiger partial charge is 0.236 e. The summed E-state index contributed by atoms with van der Waals surface area (Å²) < 4.78 is 0. The van der Waals surface area contributed by atoms with E-state index in [0.29, 0.717) is 26.2 Å². The average Bonchev–Trinajstić information content (AvgIpc) is 2.38. The van der Waals surface area contributed by atoms with E-state index in [1.807, 2.05) is 4.90 Å². The first-order chi connectivity index (χ1) is 9.48. The molecule has 0 atom stereocenters. The van der Waals surface area contributed by atoms with Crippen molar-refractivity contribution in [1.29, 1.82) is 0 Å². The van der Waals surface area contributed by atoms with Gasteiger partial charge in [-0.05, 0) is 12.8 Å². The first-order valence-corrected chi connectivity index (χ1v) is 7.40. The lowest BCUT2D eigenvalue weighted by Crippen LogP contribution is -2.57. The van der Waals surface area contributed by atoms with E-state index >= 15 is 0 Å². The molecule has 2 N–H and O–H groups in total. The maximum atomic E-state index is 12.5. The van der Waals surface area contributed by atoms with Crippen molar-refractivity contribution in [3.05, 3.63) is 0 Å². The van der Waals surface area contributed by atoms with Crippen LogP contribution in [0.25, 0.3) is 0 Å². The monoisotopic (exact) mass is 282 g/mol. The van der Waals surface area contributed by atoms with E-state index in [1.165, 1.54) is 0 Å². The topological polar surface area (TPSA) is 69.9 Å². The molecule has 1 saturated heterocycles. The molecule has 0 aromatic carbocycles. The first-order valence-electron chi connectivity index (χ1n) is 7.40. The van der Waals surface area contributed by atoms with Gasteiger partial charge in [0.1, 0.15) is 0 Å². The molecule has 1 saturated carbocycles. The van der Waals surface area contributed by atoms with Gasteiger partial charge in [-0.2, -0.15) is 0 Å². The van der Waals surface area contributed by atoms with Crippen LogP contribution < -0.4 is 5.73 Å². The number of hydrogen-bond donors (Lipinski definition) is 1. The zero-order valence-electron chi connectivity index (χ0n) is 12.6. The fraction of sp³-hybridized carbons (Fsp3) is 0.857. The molecule has 0 spiro atoms. The Hall–Kier alpha value is -1.14. The Balaban J connectivity index is 1.82. The summed E-state index contributed by atoms with van der Waals surface area (Å²) in [5.41, 5.74) is 5.52. The van der Waals surface area contributed by atoms with E-state index < -0.39 is 0 Å². The van der Waals surface area contributed by atoms with Crippen LogP contribution in [0.1, 0.15) is 19.3 Å². The molecule has 1 aliphatic carbocycles. The van der Waals surface area contributed by atoms with Crippen molar-refractivity contribution >= 4 is 11.8 Å². The fourth-order valence-electron chi connectivity index (χ4n) is 2.89. The Morgan fingerprint density at radius 3 is 2.15 bits per heavy atom. The van der Waals surface area contributed by atoms with Crippen LogP contribution in [0.4, 0.5) is 0 Å². The maximum Gasteiger partial charge on any atom is 0.236 e. The number of carbonyl (C=O) groups is 2. The molecule has 2 aliphatic rings. The molecular formula is C14H26N4O2. The van der Waals surface area contributed by atoms with Crippen molar-refractivity contribution in [3.63, 3.8) is 0 Å². The van der Waals surface area contributed by atoms with Crippen molar-refractivity contribution in [1.82, 2.24) is 14.7 Å². The van der Waals surface area contributed by atoms with Gasteiger partial charge in [-0.1, -0.05) is 6.42 Å². The van der Waals surface area contributed by atoms with Crippen molar-refractivity contribution in [2.45, 2.75) is 19.3 Å². The maximum absolute atomic E-state index is 12.5. The molecule has 0 bridgehead atoms. The van der Waals surface area contributed by atoms with Crippen LogP contribution in [0, 0.1) is 5.41 Å². The third kappa shape index (κ3) is 2.96. The van der Waals surface area contributed by atoms with E-state index in [4.69, 9.17) is 5.73 Å². The standard InChI is InChI=1S/C14H26N4O2/c1-16(2)12(19)10-17-6-8-18(9-7-17)13(20)14(11-15)4-3-5-14/h3-11,15H2,1-2H3. The van der Waals surface area contributed by atoms with Gasteiger partial charge in [0.25, 0.3) is 0 Å². The molecular weight excluding hydrogens is 256 g/mol. The number of hydrogen-bond acceptors (Lipinski definition) is 4. The summed E-state index contributed by atoms with van der Waals surface area (Å²) in [5, 5.41) is 0. The SMILES string of the molecule is CN(C)C(=O)CN1CCN(C(=O)C2(CN)CCC2)CC1. The van der Waals surface area contributed by atoms with Crippen molar-refractivity contribution in [2.75, 3.05) is 53.4 Å². The van der Waals surface area contributed by atoms with Gasteiger partial charge in [0, 0.05) is 46.8 Å². The molecule has 114 valence electrons. The van der Waals surface area contributed by atoms with Gasteiger partial charge in [-0.15, -0.1) is 0 Å². The van der Waals surface area contributed by atoms with Crippen LogP contribution in [0.5, 0.6) is 0 Å². The van der Waals surface area contributed by atoms with Crippen LogP contribution in [0.3, 0.4) is 0 Å². The Morgan fingerprint density at radius 2 is 1.75 bits per heavy atom. The Labute approximate surface area is 120 Å². The van der Waals surface area contributed by atoms with Gasteiger partial charge in [-0.25, -0.2) is 0 Å². The first kappa shape index (κ1) is 15.3. The van der Waals surface area contributed by atoms with Gasteiger partial charge in [0.2, 0.25) is 11.8 Å². The Kier molecular flexibility index (Phi) is 4.65. The molecule has 2 amide bonds. The van der Waals surface area contributed by atoms with Gasteiger partial charge in [0.15, 0.2) is 0 Å². The predicted octanol–water partition coefficient (Wildman–Crippen LogP) is -0.652. The van der Waals surface area contributed by atoms with Gasteiger partial charge < -0.3 is 15.5 Å². The van der Waals surface area contributed by atoms with Crippen molar-refractivity contribution < 1.29 is 9.59 Å². The molecule has 1 heterocycles. The number of likely N-dealkylation sites (N-methyl/N-ethyl adjacent to an activating group) is 1. The van der Waals surface area contributed by atoms with Crippen LogP contribution in [0.2, 0.25) is 0 Å². The molecule has 6 nitrogen and oxygen atoms in total. The highest BCUT2D eigenvalue weighted by molar-refractivity contribution is 5.84. The summed E-state index contributed by atoms with van der Waals surface area (Å²) in [6.45, 7) is 3.86. The zero-order valence-corrected chi connectivity index (χ0v) is 12.6. The fourth-order valence-corrected chi connectivity index (χ4v) is 2.89. The summed E-state index contributed by atoms with van der Waals surface area (Å²) >= 11 is 0. The van der Waals surface area contributed by atoms with Crippen LogP contribution in [-0.4, -0.2) is 79.9 Å². The minimum atomic E-state index is -0.276. The van der Waals surface area contributed by atoms with Gasteiger partial charge in [0.05, 0.1) is 12.0 Å². The Bertz CT molecular complexity index is 366. The van der Waals surface area contributed by atoms with Crippen LogP contribution in [0.15, 0.2) is 0 Å².